The normalized spacial score (nSPS) is 10.9. The number of benzene rings is 2. The molecule has 0 bridgehead atoms. The van der Waals surface area contributed by atoms with E-state index in [2.05, 4.69) is 6.07 Å². The zero-order chi connectivity index (χ0) is 18.6. The fourth-order valence-corrected chi connectivity index (χ4v) is 3.19. The van der Waals surface area contributed by atoms with Gasteiger partial charge in [-0.1, -0.05) is 24.3 Å². The Morgan fingerprint density at radius 2 is 1.35 bits per heavy atom. The second kappa shape index (κ2) is 12.1. The van der Waals surface area contributed by atoms with Gasteiger partial charge in [-0.05, 0) is 38.5 Å². The Labute approximate surface area is 166 Å². The molecule has 2 aromatic carbocycles. The molecule has 0 saturated carbocycles. The lowest BCUT2D eigenvalue weighted by molar-refractivity contribution is 0.284. The molecule has 0 heterocycles. The van der Waals surface area contributed by atoms with Gasteiger partial charge in [0.1, 0.15) is 5.75 Å². The Hall–Kier alpha value is -1.32. The van der Waals surface area contributed by atoms with E-state index in [-0.39, 0.29) is 0 Å². The summed E-state index contributed by atoms with van der Waals surface area (Å²) >= 11 is 11.5. The minimum Gasteiger partial charge on any atom is -0.493 e. The molecule has 0 aliphatic carbocycles. The number of fused-ring (bicyclic) bond motifs is 1. The van der Waals surface area contributed by atoms with E-state index < -0.39 is 0 Å². The van der Waals surface area contributed by atoms with Gasteiger partial charge in [0.05, 0.1) is 20.3 Å². The van der Waals surface area contributed by atoms with Gasteiger partial charge in [-0.2, -0.15) is 0 Å². The number of hydrogen-bond donors (Lipinski definition) is 0. The maximum atomic E-state index is 6.06. The molecule has 144 valence electrons. The van der Waals surface area contributed by atoms with E-state index in [4.69, 9.17) is 37.4 Å². The summed E-state index contributed by atoms with van der Waals surface area (Å²) in [6.45, 7) is 1.32. The number of rotatable bonds is 13. The van der Waals surface area contributed by atoms with Gasteiger partial charge < -0.3 is 14.2 Å². The van der Waals surface area contributed by atoms with Crippen LogP contribution in [-0.4, -0.2) is 32.1 Å². The van der Waals surface area contributed by atoms with E-state index in [1.165, 1.54) is 0 Å². The predicted molar refractivity (Wildman–Crippen MR) is 111 cm³/mol. The first kappa shape index (κ1) is 21.0. The van der Waals surface area contributed by atoms with Gasteiger partial charge in [-0.3, -0.25) is 0 Å². The number of alkyl halides is 2. The van der Waals surface area contributed by atoms with Gasteiger partial charge in [0.15, 0.2) is 11.5 Å². The summed E-state index contributed by atoms with van der Waals surface area (Å²) in [7, 11) is 1.66. The van der Waals surface area contributed by atoms with Gasteiger partial charge in [0.2, 0.25) is 0 Å². The summed E-state index contributed by atoms with van der Waals surface area (Å²) < 4.78 is 17.7. The Balaban J connectivity index is 2.14. The van der Waals surface area contributed by atoms with Crippen LogP contribution in [0, 0.1) is 0 Å². The summed E-state index contributed by atoms with van der Waals surface area (Å²) in [4.78, 5) is 0. The number of ether oxygens (including phenoxy) is 3. The Morgan fingerprint density at radius 3 is 1.96 bits per heavy atom. The SMILES string of the molecule is COc1cc(OCCCCCCl)c2ccccc2c1OCCCCCCl. The Bertz CT molecular complexity index is 661. The fraction of sp³-hybridized carbons (Fsp3) is 0.524. The summed E-state index contributed by atoms with van der Waals surface area (Å²) in [5.41, 5.74) is 0. The molecule has 0 atom stereocenters. The van der Waals surface area contributed by atoms with Crippen LogP contribution in [0.4, 0.5) is 0 Å². The van der Waals surface area contributed by atoms with Crippen molar-refractivity contribution in [3.63, 3.8) is 0 Å². The van der Waals surface area contributed by atoms with Crippen LogP contribution in [-0.2, 0) is 0 Å². The number of unbranched alkanes of at least 4 members (excludes halogenated alkanes) is 4. The minimum atomic E-state index is 0.649. The van der Waals surface area contributed by atoms with Gasteiger partial charge in [-0.15, -0.1) is 23.2 Å². The molecule has 0 aromatic heterocycles. The highest BCUT2D eigenvalue weighted by atomic mass is 35.5. The summed E-state index contributed by atoms with van der Waals surface area (Å²) in [6.07, 6.45) is 6.13. The molecule has 26 heavy (non-hydrogen) atoms. The molecule has 3 nitrogen and oxygen atoms in total. The zero-order valence-electron chi connectivity index (χ0n) is 15.4. The zero-order valence-corrected chi connectivity index (χ0v) is 17.0. The highest BCUT2D eigenvalue weighted by Crippen LogP contribution is 2.41. The van der Waals surface area contributed by atoms with Gasteiger partial charge >= 0.3 is 0 Å². The largest absolute Gasteiger partial charge is 0.493 e. The van der Waals surface area contributed by atoms with Crippen molar-refractivity contribution in [1.82, 2.24) is 0 Å². The maximum absolute atomic E-state index is 6.06. The monoisotopic (exact) mass is 398 g/mol. The molecule has 0 aliphatic rings. The third-order valence-corrected chi connectivity index (χ3v) is 4.74. The summed E-state index contributed by atoms with van der Waals surface area (Å²) in [5, 5.41) is 2.06. The van der Waals surface area contributed by atoms with Crippen LogP contribution in [0.2, 0.25) is 0 Å². The lowest BCUT2D eigenvalue weighted by Gasteiger charge is -2.17. The fourth-order valence-electron chi connectivity index (χ4n) is 2.81. The van der Waals surface area contributed by atoms with Crippen molar-refractivity contribution in [3.05, 3.63) is 30.3 Å². The van der Waals surface area contributed by atoms with E-state index in [9.17, 15) is 0 Å². The van der Waals surface area contributed by atoms with Crippen molar-refractivity contribution in [1.29, 1.82) is 0 Å². The smallest absolute Gasteiger partial charge is 0.169 e. The van der Waals surface area contributed by atoms with Gasteiger partial charge in [0.25, 0.3) is 0 Å². The Morgan fingerprint density at radius 1 is 0.731 bits per heavy atom. The molecule has 0 aliphatic heterocycles. The van der Waals surface area contributed by atoms with E-state index in [1.807, 2.05) is 24.3 Å². The van der Waals surface area contributed by atoms with Crippen LogP contribution < -0.4 is 14.2 Å². The third kappa shape index (κ3) is 6.14. The summed E-state index contributed by atoms with van der Waals surface area (Å²) in [5.74, 6) is 3.72. The van der Waals surface area contributed by atoms with E-state index in [0.29, 0.717) is 30.7 Å². The number of hydrogen-bond acceptors (Lipinski definition) is 3. The molecular weight excluding hydrogens is 371 g/mol. The van der Waals surface area contributed by atoms with E-state index in [1.54, 1.807) is 7.11 Å². The van der Waals surface area contributed by atoms with Crippen molar-refractivity contribution in [2.24, 2.45) is 0 Å². The second-order valence-electron chi connectivity index (χ2n) is 6.15. The second-order valence-corrected chi connectivity index (χ2v) is 6.90. The molecule has 2 rings (SSSR count). The van der Waals surface area contributed by atoms with Crippen molar-refractivity contribution in [3.8, 4) is 17.2 Å². The lowest BCUT2D eigenvalue weighted by Crippen LogP contribution is -2.03. The van der Waals surface area contributed by atoms with Crippen LogP contribution in [0.1, 0.15) is 38.5 Å². The maximum Gasteiger partial charge on any atom is 0.169 e. The van der Waals surface area contributed by atoms with Crippen molar-refractivity contribution in [2.45, 2.75) is 38.5 Å². The van der Waals surface area contributed by atoms with E-state index >= 15 is 0 Å². The molecule has 0 fully saturated rings. The number of methoxy groups -OCH3 is 1. The van der Waals surface area contributed by atoms with Crippen molar-refractivity contribution >= 4 is 34.0 Å². The van der Waals surface area contributed by atoms with Gasteiger partial charge in [-0.25, -0.2) is 0 Å². The Kier molecular flexibility index (Phi) is 9.80. The molecule has 2 aromatic rings. The standard InChI is InChI=1S/C21H28Cl2O3/c1-24-20-16-19(25-14-8-2-6-12-22)17-10-4-5-11-18(17)21(20)26-15-9-3-7-13-23/h4-5,10-11,16H,2-3,6-9,12-15H2,1H3. The average molecular weight is 399 g/mol. The first-order valence-electron chi connectivity index (χ1n) is 9.29. The number of halogens is 2. The minimum absolute atomic E-state index is 0.649. The molecule has 0 unspecified atom stereocenters. The summed E-state index contributed by atoms with van der Waals surface area (Å²) in [6, 6.07) is 10.1. The van der Waals surface area contributed by atoms with Crippen molar-refractivity contribution in [2.75, 3.05) is 32.1 Å². The molecule has 0 radical (unpaired) electrons. The average Bonchev–Trinajstić information content (AvgIpc) is 2.68. The highest BCUT2D eigenvalue weighted by Gasteiger charge is 2.15. The molecule has 0 N–H and O–H groups in total. The van der Waals surface area contributed by atoms with Crippen LogP contribution in [0.3, 0.4) is 0 Å². The lowest BCUT2D eigenvalue weighted by atomic mass is 10.1. The molecule has 0 amide bonds. The molecule has 5 heteroatoms. The molecule has 0 spiro atoms. The highest BCUT2D eigenvalue weighted by molar-refractivity contribution is 6.18. The molecular formula is C21H28Cl2O3. The first-order chi connectivity index (χ1) is 12.8. The third-order valence-electron chi connectivity index (χ3n) is 4.20. The first-order valence-corrected chi connectivity index (χ1v) is 10.4. The van der Waals surface area contributed by atoms with Crippen LogP contribution in [0.5, 0.6) is 17.2 Å². The van der Waals surface area contributed by atoms with Crippen LogP contribution in [0.25, 0.3) is 10.8 Å². The van der Waals surface area contributed by atoms with Crippen LogP contribution in [0.15, 0.2) is 30.3 Å². The topological polar surface area (TPSA) is 27.7 Å². The van der Waals surface area contributed by atoms with Crippen molar-refractivity contribution < 1.29 is 14.2 Å². The van der Waals surface area contributed by atoms with Crippen LogP contribution >= 0.6 is 23.2 Å². The quantitative estimate of drug-likeness (QED) is 0.287. The van der Waals surface area contributed by atoms with E-state index in [0.717, 1.165) is 60.8 Å². The van der Waals surface area contributed by atoms with Gasteiger partial charge in [0, 0.05) is 28.6 Å². The predicted octanol–water partition coefficient (Wildman–Crippen LogP) is 6.42. The molecule has 0 saturated heterocycles.